The summed E-state index contributed by atoms with van der Waals surface area (Å²) in [6.07, 6.45) is -0.842. The molecule has 1 aliphatic heterocycles. The zero-order chi connectivity index (χ0) is 13.0. The van der Waals surface area contributed by atoms with Crippen LogP contribution >= 0.6 is 0 Å². The molecule has 0 saturated carbocycles. The lowest BCUT2D eigenvalue weighted by atomic mass is 10.2. The Labute approximate surface area is 109 Å². The van der Waals surface area contributed by atoms with E-state index in [-0.39, 0.29) is 0 Å². The van der Waals surface area contributed by atoms with Crippen molar-refractivity contribution < 1.29 is 4.39 Å². The molecule has 99 valence electrons. The van der Waals surface area contributed by atoms with Gasteiger partial charge in [0.15, 0.2) is 0 Å². The molecule has 0 aliphatic carbocycles. The molecule has 2 rings (SSSR count). The van der Waals surface area contributed by atoms with Crippen LogP contribution in [0.15, 0.2) is 18.2 Å². The number of piperazine rings is 1. The molecule has 1 radical (unpaired) electrons. The van der Waals surface area contributed by atoms with E-state index in [9.17, 15) is 4.39 Å². The Morgan fingerprint density at radius 3 is 2.78 bits per heavy atom. The van der Waals surface area contributed by atoms with Gasteiger partial charge in [-0.1, -0.05) is 6.07 Å². The van der Waals surface area contributed by atoms with E-state index in [0.717, 1.165) is 31.9 Å². The number of rotatable bonds is 4. The predicted octanol–water partition coefficient (Wildman–Crippen LogP) is 2.01. The van der Waals surface area contributed by atoms with Crippen molar-refractivity contribution in [2.75, 3.05) is 50.0 Å². The lowest BCUT2D eigenvalue weighted by Crippen LogP contribution is -2.44. The number of likely N-dealkylation sites (N-methyl/N-ethyl adjacent to an activating group) is 1. The SMILES string of the molecule is CC(F)CNc1[c]ccc(N2CCN(C)CC2)c1. The average Bonchev–Trinajstić information content (AvgIpc) is 2.37. The molecule has 1 aromatic rings. The second kappa shape index (κ2) is 6.05. The number of alkyl halides is 1. The first kappa shape index (κ1) is 13.1. The van der Waals surface area contributed by atoms with Gasteiger partial charge in [-0.25, -0.2) is 4.39 Å². The monoisotopic (exact) mass is 250 g/mol. The van der Waals surface area contributed by atoms with Gasteiger partial charge in [-0.2, -0.15) is 0 Å². The van der Waals surface area contributed by atoms with Crippen molar-refractivity contribution in [3.63, 3.8) is 0 Å². The van der Waals surface area contributed by atoms with Crippen LogP contribution in [0.25, 0.3) is 0 Å². The summed E-state index contributed by atoms with van der Waals surface area (Å²) < 4.78 is 12.8. The van der Waals surface area contributed by atoms with Gasteiger partial charge in [-0.3, -0.25) is 0 Å². The van der Waals surface area contributed by atoms with Crippen LogP contribution in [0.1, 0.15) is 6.92 Å². The Morgan fingerprint density at radius 2 is 2.11 bits per heavy atom. The van der Waals surface area contributed by atoms with Gasteiger partial charge in [-0.15, -0.1) is 0 Å². The van der Waals surface area contributed by atoms with E-state index in [4.69, 9.17) is 0 Å². The summed E-state index contributed by atoms with van der Waals surface area (Å²) in [7, 11) is 2.14. The predicted molar refractivity (Wildman–Crippen MR) is 74.0 cm³/mol. The minimum absolute atomic E-state index is 0.336. The molecule has 1 N–H and O–H groups in total. The van der Waals surface area contributed by atoms with Gasteiger partial charge >= 0.3 is 0 Å². The largest absolute Gasteiger partial charge is 0.382 e. The standard InChI is InChI=1S/C14H21FN3/c1-12(15)11-16-13-4-3-5-14(10-13)18-8-6-17(2)7-9-18/h3,5,10,12,16H,6-9,11H2,1-2H3. The Bertz CT molecular complexity index is 373. The van der Waals surface area contributed by atoms with Crippen LogP contribution < -0.4 is 10.2 Å². The van der Waals surface area contributed by atoms with E-state index in [1.54, 1.807) is 6.92 Å². The number of nitrogens with zero attached hydrogens (tertiary/aromatic N) is 2. The second-order valence-electron chi connectivity index (χ2n) is 4.91. The normalized spacial score (nSPS) is 18.7. The number of halogens is 1. The molecule has 0 spiro atoms. The lowest BCUT2D eigenvalue weighted by molar-refractivity contribution is 0.313. The summed E-state index contributed by atoms with van der Waals surface area (Å²) in [4.78, 5) is 4.69. The highest BCUT2D eigenvalue weighted by Crippen LogP contribution is 2.20. The number of nitrogens with one attached hydrogen (secondary N) is 1. The highest BCUT2D eigenvalue weighted by Gasteiger charge is 2.14. The summed E-state index contributed by atoms with van der Waals surface area (Å²) in [5.74, 6) is 0. The highest BCUT2D eigenvalue weighted by molar-refractivity contribution is 5.57. The van der Waals surface area contributed by atoms with Gasteiger partial charge in [0.25, 0.3) is 0 Å². The molecular weight excluding hydrogens is 229 g/mol. The third-order valence-electron chi connectivity index (χ3n) is 3.23. The topological polar surface area (TPSA) is 18.5 Å². The van der Waals surface area contributed by atoms with E-state index in [2.05, 4.69) is 34.3 Å². The Hall–Kier alpha value is -1.29. The van der Waals surface area contributed by atoms with Crippen molar-refractivity contribution in [2.24, 2.45) is 0 Å². The molecule has 1 fully saturated rings. The fourth-order valence-electron chi connectivity index (χ4n) is 2.07. The van der Waals surface area contributed by atoms with Crippen molar-refractivity contribution in [3.05, 3.63) is 24.3 Å². The molecule has 1 unspecified atom stereocenters. The van der Waals surface area contributed by atoms with E-state index in [1.165, 1.54) is 5.69 Å². The van der Waals surface area contributed by atoms with Crippen LogP contribution in [-0.2, 0) is 0 Å². The molecule has 0 aromatic heterocycles. The maximum Gasteiger partial charge on any atom is 0.114 e. The van der Waals surface area contributed by atoms with E-state index in [1.807, 2.05) is 12.1 Å². The van der Waals surface area contributed by atoms with Gasteiger partial charge in [0, 0.05) is 50.2 Å². The third-order valence-corrected chi connectivity index (χ3v) is 3.23. The summed E-state index contributed by atoms with van der Waals surface area (Å²) in [6, 6.07) is 9.11. The number of hydrogen-bond donors (Lipinski definition) is 1. The summed E-state index contributed by atoms with van der Waals surface area (Å²) in [5.41, 5.74) is 2.06. The fourth-order valence-corrected chi connectivity index (χ4v) is 2.07. The van der Waals surface area contributed by atoms with Gasteiger partial charge in [0.2, 0.25) is 0 Å². The van der Waals surface area contributed by atoms with Crippen molar-refractivity contribution in [1.82, 2.24) is 4.90 Å². The Kier molecular flexibility index (Phi) is 4.42. The maximum atomic E-state index is 12.8. The minimum atomic E-state index is -0.842. The zero-order valence-corrected chi connectivity index (χ0v) is 11.1. The first-order valence-corrected chi connectivity index (χ1v) is 6.48. The van der Waals surface area contributed by atoms with Crippen molar-refractivity contribution in [2.45, 2.75) is 13.1 Å². The van der Waals surface area contributed by atoms with Crippen LogP contribution in [0.5, 0.6) is 0 Å². The van der Waals surface area contributed by atoms with Gasteiger partial charge in [0.1, 0.15) is 6.17 Å². The maximum absolute atomic E-state index is 12.8. The first-order valence-electron chi connectivity index (χ1n) is 6.48. The van der Waals surface area contributed by atoms with Crippen molar-refractivity contribution in [1.29, 1.82) is 0 Å². The molecule has 0 bridgehead atoms. The highest BCUT2D eigenvalue weighted by atomic mass is 19.1. The van der Waals surface area contributed by atoms with Crippen LogP contribution in [0.3, 0.4) is 0 Å². The van der Waals surface area contributed by atoms with E-state index in [0.29, 0.717) is 6.54 Å². The number of hydrogen-bond acceptors (Lipinski definition) is 3. The van der Waals surface area contributed by atoms with Crippen molar-refractivity contribution >= 4 is 11.4 Å². The molecule has 1 atom stereocenters. The van der Waals surface area contributed by atoms with Gasteiger partial charge < -0.3 is 15.1 Å². The second-order valence-corrected chi connectivity index (χ2v) is 4.91. The quantitative estimate of drug-likeness (QED) is 0.882. The average molecular weight is 250 g/mol. The Balaban J connectivity index is 1.98. The molecule has 1 saturated heterocycles. The molecule has 0 amide bonds. The van der Waals surface area contributed by atoms with Crippen LogP contribution in [0.2, 0.25) is 0 Å². The third kappa shape index (κ3) is 3.60. The molecule has 4 heteroatoms. The molecule has 3 nitrogen and oxygen atoms in total. The smallest absolute Gasteiger partial charge is 0.114 e. The molecule has 18 heavy (non-hydrogen) atoms. The van der Waals surface area contributed by atoms with Crippen LogP contribution in [0, 0.1) is 6.07 Å². The zero-order valence-electron chi connectivity index (χ0n) is 11.1. The number of benzene rings is 1. The number of anilines is 2. The Morgan fingerprint density at radius 1 is 1.39 bits per heavy atom. The van der Waals surface area contributed by atoms with E-state index < -0.39 is 6.17 Å². The van der Waals surface area contributed by atoms with Crippen molar-refractivity contribution in [3.8, 4) is 0 Å². The van der Waals surface area contributed by atoms with Crippen LogP contribution in [-0.4, -0.2) is 50.8 Å². The van der Waals surface area contributed by atoms with Crippen LogP contribution in [0.4, 0.5) is 15.8 Å². The van der Waals surface area contributed by atoms with E-state index >= 15 is 0 Å². The summed E-state index contributed by atoms with van der Waals surface area (Å²) in [6.45, 7) is 6.14. The summed E-state index contributed by atoms with van der Waals surface area (Å²) in [5, 5.41) is 3.06. The molecule has 1 aromatic carbocycles. The minimum Gasteiger partial charge on any atom is -0.382 e. The fraction of sp³-hybridized carbons (Fsp3) is 0.571. The first-order chi connectivity index (χ1) is 8.65. The molecule has 1 heterocycles. The van der Waals surface area contributed by atoms with Gasteiger partial charge in [-0.05, 0) is 26.1 Å². The van der Waals surface area contributed by atoms with Gasteiger partial charge in [0.05, 0.1) is 0 Å². The lowest BCUT2D eigenvalue weighted by Gasteiger charge is -2.34. The summed E-state index contributed by atoms with van der Waals surface area (Å²) >= 11 is 0. The molecule has 1 aliphatic rings. The molecular formula is C14H21FN3.